The molecule has 0 aliphatic rings. The monoisotopic (exact) mass is 444 g/mol. The third-order valence-electron chi connectivity index (χ3n) is 4.46. The van der Waals surface area contributed by atoms with Crippen molar-refractivity contribution in [1.29, 1.82) is 0 Å². The van der Waals surface area contributed by atoms with Crippen LogP contribution in [0, 0.1) is 6.92 Å². The van der Waals surface area contributed by atoms with E-state index in [9.17, 15) is 9.59 Å². The minimum atomic E-state index is -0.531. The van der Waals surface area contributed by atoms with Crippen molar-refractivity contribution >= 4 is 40.2 Å². The van der Waals surface area contributed by atoms with Crippen LogP contribution in [0.3, 0.4) is 0 Å². The van der Waals surface area contributed by atoms with Crippen LogP contribution >= 0.6 is 23.4 Å². The van der Waals surface area contributed by atoms with E-state index in [0.717, 1.165) is 0 Å². The second-order valence-electron chi connectivity index (χ2n) is 6.53. The van der Waals surface area contributed by atoms with Crippen molar-refractivity contribution in [3.8, 4) is 0 Å². The van der Waals surface area contributed by atoms with Crippen molar-refractivity contribution in [1.82, 2.24) is 9.55 Å². The second kappa shape index (κ2) is 8.41. The summed E-state index contributed by atoms with van der Waals surface area (Å²) in [5.74, 6) is 1.21. The van der Waals surface area contributed by atoms with E-state index in [4.69, 9.17) is 25.2 Å². The van der Waals surface area contributed by atoms with E-state index < -0.39 is 5.97 Å². The van der Waals surface area contributed by atoms with E-state index in [1.165, 1.54) is 18.9 Å². The number of carbonyl (C=O) groups is 1. The number of thioether (sulfide) groups is 1. The molecule has 154 valence electrons. The lowest BCUT2D eigenvalue weighted by Crippen LogP contribution is -2.23. The number of aryl methyl sites for hydroxylation is 1. The van der Waals surface area contributed by atoms with Gasteiger partial charge in [0.25, 0.3) is 5.56 Å². The van der Waals surface area contributed by atoms with Crippen LogP contribution in [0.1, 0.15) is 27.6 Å². The first-order valence-corrected chi connectivity index (χ1v) is 10.4. The highest BCUT2D eigenvalue weighted by molar-refractivity contribution is 7.98. The first kappa shape index (κ1) is 20.3. The largest absolute Gasteiger partial charge is 0.467 e. The Hall–Kier alpha value is -2.97. The molecule has 3 heterocycles. The molecule has 4 rings (SSSR count). The minimum absolute atomic E-state index is 0.166. The van der Waals surface area contributed by atoms with E-state index in [2.05, 4.69) is 4.98 Å². The molecule has 0 bridgehead atoms. The number of methoxy groups -OCH3 is 1. The summed E-state index contributed by atoms with van der Waals surface area (Å²) in [5.41, 5.74) is 1.00. The molecule has 9 heteroatoms. The van der Waals surface area contributed by atoms with Gasteiger partial charge in [-0.3, -0.25) is 9.36 Å². The number of furan rings is 2. The highest BCUT2D eigenvalue weighted by atomic mass is 35.5. The maximum Gasteiger partial charge on any atom is 0.374 e. The van der Waals surface area contributed by atoms with Gasteiger partial charge in [0.15, 0.2) is 5.16 Å². The Morgan fingerprint density at radius 1 is 1.27 bits per heavy atom. The van der Waals surface area contributed by atoms with E-state index in [0.29, 0.717) is 43.9 Å². The Morgan fingerprint density at radius 2 is 2.10 bits per heavy atom. The van der Waals surface area contributed by atoms with Gasteiger partial charge in [0.1, 0.15) is 11.5 Å². The molecular weight excluding hydrogens is 428 g/mol. The average Bonchev–Trinajstić information content (AvgIpc) is 3.37. The number of esters is 1. The average molecular weight is 445 g/mol. The standard InChI is InChI=1S/C21H17ClN2O5S/c1-12-8-15(29-18(12)20(26)27-2)11-30-21-23-17-9-13(22)5-6-16(17)19(25)24(21)10-14-4-3-7-28-14/h3-9H,10-11H2,1-2H3. The lowest BCUT2D eigenvalue weighted by atomic mass is 10.2. The van der Waals surface area contributed by atoms with Crippen LogP contribution in [-0.2, 0) is 17.0 Å². The number of benzene rings is 1. The second-order valence-corrected chi connectivity index (χ2v) is 7.91. The van der Waals surface area contributed by atoms with Crippen LogP contribution < -0.4 is 5.56 Å². The highest BCUT2D eigenvalue weighted by Gasteiger charge is 2.18. The van der Waals surface area contributed by atoms with Crippen LogP contribution in [0.4, 0.5) is 0 Å². The summed E-state index contributed by atoms with van der Waals surface area (Å²) in [6.07, 6.45) is 1.56. The van der Waals surface area contributed by atoms with Crippen LogP contribution in [-0.4, -0.2) is 22.6 Å². The SMILES string of the molecule is COC(=O)c1oc(CSc2nc3cc(Cl)ccc3c(=O)n2Cc2ccco2)cc1C. The summed E-state index contributed by atoms with van der Waals surface area (Å²) < 4.78 is 17.3. The summed E-state index contributed by atoms with van der Waals surface area (Å²) >= 11 is 7.40. The van der Waals surface area contributed by atoms with E-state index in [1.54, 1.807) is 54.2 Å². The summed E-state index contributed by atoms with van der Waals surface area (Å²) in [6.45, 7) is 2.01. The molecule has 0 spiro atoms. The van der Waals surface area contributed by atoms with Gasteiger partial charge in [-0.2, -0.15) is 0 Å². The number of hydrogen-bond donors (Lipinski definition) is 0. The third kappa shape index (κ3) is 4.01. The predicted octanol–water partition coefficient (Wildman–Crippen LogP) is 4.67. The first-order chi connectivity index (χ1) is 14.5. The van der Waals surface area contributed by atoms with Gasteiger partial charge in [-0.05, 0) is 43.3 Å². The molecule has 4 aromatic rings. The Labute approximate surface area is 180 Å². The first-order valence-electron chi connectivity index (χ1n) is 8.99. The van der Waals surface area contributed by atoms with E-state index in [1.807, 2.05) is 0 Å². The fraction of sp³-hybridized carbons (Fsp3) is 0.190. The zero-order valence-corrected chi connectivity index (χ0v) is 17.7. The van der Waals surface area contributed by atoms with E-state index in [-0.39, 0.29) is 17.9 Å². The molecule has 1 aromatic carbocycles. The lowest BCUT2D eigenvalue weighted by Gasteiger charge is -2.12. The number of ether oxygens (including phenoxy) is 1. The van der Waals surface area contributed by atoms with Gasteiger partial charge in [0, 0.05) is 10.6 Å². The number of aromatic nitrogens is 2. The third-order valence-corrected chi connectivity index (χ3v) is 5.69. The van der Waals surface area contributed by atoms with Crippen LogP contribution in [0.5, 0.6) is 0 Å². The van der Waals surface area contributed by atoms with Crippen molar-refractivity contribution in [2.45, 2.75) is 24.4 Å². The van der Waals surface area contributed by atoms with Gasteiger partial charge in [-0.15, -0.1) is 0 Å². The molecule has 30 heavy (non-hydrogen) atoms. The van der Waals surface area contributed by atoms with Crippen molar-refractivity contribution in [2.24, 2.45) is 0 Å². The summed E-state index contributed by atoms with van der Waals surface area (Å²) in [4.78, 5) is 29.5. The van der Waals surface area contributed by atoms with Crippen LogP contribution in [0.15, 0.2) is 61.4 Å². The smallest absolute Gasteiger partial charge is 0.374 e. The predicted molar refractivity (Wildman–Crippen MR) is 113 cm³/mol. The maximum atomic E-state index is 13.1. The Morgan fingerprint density at radius 3 is 2.83 bits per heavy atom. The normalized spacial score (nSPS) is 11.2. The number of hydrogen-bond acceptors (Lipinski definition) is 7. The van der Waals surface area contributed by atoms with Gasteiger partial charge in [0.05, 0.1) is 36.6 Å². The quantitative estimate of drug-likeness (QED) is 0.242. The fourth-order valence-corrected chi connectivity index (χ4v) is 4.08. The summed E-state index contributed by atoms with van der Waals surface area (Å²) in [7, 11) is 1.30. The van der Waals surface area contributed by atoms with Gasteiger partial charge >= 0.3 is 5.97 Å². The summed E-state index contributed by atoms with van der Waals surface area (Å²) in [6, 6.07) is 10.3. The number of carbonyl (C=O) groups excluding carboxylic acids is 1. The molecular formula is C21H17ClN2O5S. The molecule has 0 N–H and O–H groups in total. The lowest BCUT2D eigenvalue weighted by molar-refractivity contribution is 0.0562. The number of rotatable bonds is 6. The zero-order chi connectivity index (χ0) is 21.3. The van der Waals surface area contributed by atoms with Crippen LogP contribution in [0.2, 0.25) is 5.02 Å². The molecule has 0 saturated heterocycles. The molecule has 0 fully saturated rings. The number of fused-ring (bicyclic) bond motifs is 1. The number of nitrogens with zero attached hydrogens (tertiary/aromatic N) is 2. The minimum Gasteiger partial charge on any atom is -0.467 e. The fourth-order valence-electron chi connectivity index (χ4n) is 3.03. The van der Waals surface area contributed by atoms with Crippen molar-refractivity contribution in [3.05, 3.63) is 80.9 Å². The molecule has 0 aliphatic carbocycles. The van der Waals surface area contributed by atoms with Crippen molar-refractivity contribution in [3.63, 3.8) is 0 Å². The Kier molecular flexibility index (Phi) is 5.69. The van der Waals surface area contributed by atoms with Gasteiger partial charge < -0.3 is 13.6 Å². The Bertz CT molecular complexity index is 1280. The molecule has 3 aromatic heterocycles. The van der Waals surface area contributed by atoms with Crippen molar-refractivity contribution < 1.29 is 18.4 Å². The van der Waals surface area contributed by atoms with Gasteiger partial charge in [-0.25, -0.2) is 9.78 Å². The zero-order valence-electron chi connectivity index (χ0n) is 16.2. The molecule has 7 nitrogen and oxygen atoms in total. The maximum absolute atomic E-state index is 13.1. The molecule has 0 amide bonds. The number of halogens is 1. The molecule has 0 saturated carbocycles. The summed E-state index contributed by atoms with van der Waals surface area (Å²) in [5, 5.41) is 1.45. The molecule has 0 unspecified atom stereocenters. The molecule has 0 radical (unpaired) electrons. The Balaban J connectivity index is 1.71. The topological polar surface area (TPSA) is 87.5 Å². The molecule has 0 aliphatic heterocycles. The van der Waals surface area contributed by atoms with Crippen LogP contribution in [0.25, 0.3) is 10.9 Å². The van der Waals surface area contributed by atoms with Crippen molar-refractivity contribution in [2.75, 3.05) is 7.11 Å². The highest BCUT2D eigenvalue weighted by Crippen LogP contribution is 2.26. The van der Waals surface area contributed by atoms with Gasteiger partial charge in [0.2, 0.25) is 5.76 Å². The van der Waals surface area contributed by atoms with E-state index >= 15 is 0 Å². The van der Waals surface area contributed by atoms with Gasteiger partial charge in [-0.1, -0.05) is 23.4 Å². The molecule has 0 atom stereocenters.